The van der Waals surface area contributed by atoms with Gasteiger partial charge in [-0.05, 0) is 32.1 Å². The second-order valence-corrected chi connectivity index (χ2v) is 15.1. The number of unbranched alkanes of at least 4 members (excludes halogenated alkanes) is 17. The highest BCUT2D eigenvalue weighted by Crippen LogP contribution is 2.24. The van der Waals surface area contributed by atoms with Crippen molar-refractivity contribution in [2.24, 2.45) is 0 Å². The second-order valence-electron chi connectivity index (χ2n) is 13.6. The number of carbonyl (C=O) groups excluding carboxylic acids is 2. The zero-order valence-electron chi connectivity index (χ0n) is 30.8. The van der Waals surface area contributed by atoms with Crippen LogP contribution in [0.1, 0.15) is 155 Å². The number of aliphatic hydroxyl groups excluding tert-OH is 3. The van der Waals surface area contributed by atoms with E-state index in [4.69, 9.17) is 18.9 Å². The fourth-order valence-electron chi connectivity index (χ4n) is 5.80. The largest absolute Gasteiger partial charge is 0.462 e. The van der Waals surface area contributed by atoms with Gasteiger partial charge in [-0.2, -0.15) is 8.42 Å². The van der Waals surface area contributed by atoms with E-state index in [9.17, 15) is 37.9 Å². The van der Waals surface area contributed by atoms with Gasteiger partial charge >= 0.3 is 11.9 Å². The van der Waals surface area contributed by atoms with Gasteiger partial charge in [0.1, 0.15) is 36.8 Å². The molecular formula is C37H68O12S. The average molecular weight is 737 g/mol. The summed E-state index contributed by atoms with van der Waals surface area (Å²) in [7, 11) is -4.59. The molecule has 0 aromatic rings. The van der Waals surface area contributed by atoms with Crippen molar-refractivity contribution >= 4 is 22.1 Å². The van der Waals surface area contributed by atoms with Crippen molar-refractivity contribution in [1.29, 1.82) is 0 Å². The highest BCUT2D eigenvalue weighted by molar-refractivity contribution is 7.85. The summed E-state index contributed by atoms with van der Waals surface area (Å²) in [4.78, 5) is 25.2. The molecule has 0 radical (unpaired) electrons. The van der Waals surface area contributed by atoms with Crippen LogP contribution in [0.5, 0.6) is 0 Å². The third-order valence-corrected chi connectivity index (χ3v) is 9.58. The van der Waals surface area contributed by atoms with Crippen LogP contribution < -0.4 is 0 Å². The highest BCUT2D eigenvalue weighted by atomic mass is 32.2. The maximum absolute atomic E-state index is 12.7. The van der Waals surface area contributed by atoms with Crippen LogP contribution in [0.3, 0.4) is 0 Å². The van der Waals surface area contributed by atoms with Crippen molar-refractivity contribution in [3.8, 4) is 0 Å². The van der Waals surface area contributed by atoms with Crippen LogP contribution in [0.4, 0.5) is 0 Å². The Morgan fingerprint density at radius 3 is 1.74 bits per heavy atom. The molecule has 6 unspecified atom stereocenters. The number of esters is 2. The summed E-state index contributed by atoms with van der Waals surface area (Å²) in [6, 6.07) is 0. The van der Waals surface area contributed by atoms with Crippen molar-refractivity contribution in [2.45, 2.75) is 192 Å². The fraction of sp³-hybridized carbons (Fsp3) is 0.892. The van der Waals surface area contributed by atoms with Gasteiger partial charge in [0.25, 0.3) is 10.1 Å². The molecule has 0 spiro atoms. The molecule has 0 aliphatic carbocycles. The maximum Gasteiger partial charge on any atom is 0.306 e. The molecule has 1 fully saturated rings. The van der Waals surface area contributed by atoms with Crippen LogP contribution in [0.2, 0.25) is 0 Å². The lowest BCUT2D eigenvalue weighted by Crippen LogP contribution is -2.60. The van der Waals surface area contributed by atoms with E-state index in [-0.39, 0.29) is 19.4 Å². The zero-order valence-corrected chi connectivity index (χ0v) is 31.6. The van der Waals surface area contributed by atoms with Gasteiger partial charge < -0.3 is 34.3 Å². The lowest BCUT2D eigenvalue weighted by molar-refractivity contribution is -0.297. The Morgan fingerprint density at radius 1 is 0.660 bits per heavy atom. The van der Waals surface area contributed by atoms with Crippen molar-refractivity contribution in [2.75, 3.05) is 19.0 Å². The van der Waals surface area contributed by atoms with E-state index in [2.05, 4.69) is 26.0 Å². The van der Waals surface area contributed by atoms with E-state index in [1.165, 1.54) is 51.4 Å². The van der Waals surface area contributed by atoms with Crippen molar-refractivity contribution in [3.63, 3.8) is 0 Å². The molecule has 6 atom stereocenters. The topological polar surface area (TPSA) is 186 Å². The van der Waals surface area contributed by atoms with Gasteiger partial charge in [0.2, 0.25) is 0 Å². The Labute approximate surface area is 301 Å². The van der Waals surface area contributed by atoms with Gasteiger partial charge in [-0.1, -0.05) is 122 Å². The quantitative estimate of drug-likeness (QED) is 0.0269. The molecule has 1 aliphatic heterocycles. The summed E-state index contributed by atoms with van der Waals surface area (Å²) in [5, 5.41) is 30.7. The molecule has 0 aromatic heterocycles. The normalized spacial score (nSPS) is 21.8. The molecular weight excluding hydrogens is 668 g/mol. The van der Waals surface area contributed by atoms with Gasteiger partial charge in [0.15, 0.2) is 12.4 Å². The molecule has 50 heavy (non-hydrogen) atoms. The van der Waals surface area contributed by atoms with Crippen LogP contribution in [0.15, 0.2) is 12.2 Å². The standard InChI is InChI=1S/C37H68O12S/c1-3-5-7-9-11-13-15-16-18-19-21-23-25-32(38)46-27-30(48-33(39)26-24-22-20-17-14-12-10-8-6-4-2)28-47-37-36(42)35(41)34(40)31(49-37)29-50(43,44)45/h8,10,30-31,34-37,40-42H,3-7,9,11-29H2,1-2H3,(H,43,44,45)/b10-8-. The monoisotopic (exact) mass is 736 g/mol. The Kier molecular flexibility index (Phi) is 26.8. The summed E-state index contributed by atoms with van der Waals surface area (Å²) in [5.74, 6) is -1.99. The Hall–Kier alpha value is -1.61. The smallest absolute Gasteiger partial charge is 0.306 e. The SMILES string of the molecule is CCC/C=C\CCCCCCCC(=O)OC(COC(=O)CCCCCCCCCCCCCC)COC1OC(CS(=O)(=O)O)C(O)C(O)C1O. The molecule has 1 aliphatic rings. The first-order valence-electron chi connectivity index (χ1n) is 19.2. The summed E-state index contributed by atoms with van der Waals surface area (Å²) < 4.78 is 53.7. The van der Waals surface area contributed by atoms with E-state index in [1.54, 1.807) is 0 Å². The third kappa shape index (κ3) is 23.8. The number of allylic oxidation sites excluding steroid dienone is 2. The lowest BCUT2D eigenvalue weighted by atomic mass is 10.00. The molecule has 0 bridgehead atoms. The van der Waals surface area contributed by atoms with Crippen LogP contribution >= 0.6 is 0 Å². The Morgan fingerprint density at radius 2 is 1.18 bits per heavy atom. The summed E-state index contributed by atoms with van der Waals surface area (Å²) in [6.07, 6.45) is 17.1. The van der Waals surface area contributed by atoms with Crippen molar-refractivity contribution in [1.82, 2.24) is 0 Å². The minimum atomic E-state index is -4.59. The van der Waals surface area contributed by atoms with Gasteiger partial charge in [-0.15, -0.1) is 0 Å². The lowest BCUT2D eigenvalue weighted by Gasteiger charge is -2.40. The minimum Gasteiger partial charge on any atom is -0.462 e. The van der Waals surface area contributed by atoms with E-state index >= 15 is 0 Å². The van der Waals surface area contributed by atoms with Crippen molar-refractivity contribution in [3.05, 3.63) is 12.2 Å². The fourth-order valence-corrected chi connectivity index (χ4v) is 6.49. The first kappa shape index (κ1) is 46.4. The maximum atomic E-state index is 12.7. The molecule has 1 rings (SSSR count). The summed E-state index contributed by atoms with van der Waals surface area (Å²) in [5.41, 5.74) is 0. The summed E-state index contributed by atoms with van der Waals surface area (Å²) >= 11 is 0. The molecule has 1 saturated heterocycles. The van der Waals surface area contributed by atoms with E-state index in [1.807, 2.05) is 0 Å². The predicted octanol–water partition coefficient (Wildman–Crippen LogP) is 6.33. The number of hydrogen-bond acceptors (Lipinski definition) is 11. The van der Waals surface area contributed by atoms with Gasteiger partial charge in [0, 0.05) is 12.8 Å². The first-order valence-corrected chi connectivity index (χ1v) is 20.9. The van der Waals surface area contributed by atoms with Crippen LogP contribution in [0, 0.1) is 0 Å². The number of rotatable bonds is 31. The molecule has 294 valence electrons. The first-order chi connectivity index (χ1) is 24.0. The molecule has 12 nitrogen and oxygen atoms in total. The van der Waals surface area contributed by atoms with E-state index in [0.717, 1.165) is 64.2 Å². The molecule has 1 heterocycles. The minimum absolute atomic E-state index is 0.156. The molecule has 0 amide bonds. The van der Waals surface area contributed by atoms with Crippen LogP contribution in [-0.4, -0.2) is 96.0 Å². The highest BCUT2D eigenvalue weighted by Gasteiger charge is 2.46. The van der Waals surface area contributed by atoms with Crippen LogP contribution in [0.25, 0.3) is 0 Å². The second kappa shape index (κ2) is 28.9. The Balaban J connectivity index is 2.53. The number of aliphatic hydroxyl groups is 3. The van der Waals surface area contributed by atoms with Crippen LogP contribution in [-0.2, 0) is 38.7 Å². The van der Waals surface area contributed by atoms with E-state index in [0.29, 0.717) is 12.8 Å². The zero-order chi connectivity index (χ0) is 37.0. The van der Waals surface area contributed by atoms with Gasteiger partial charge in [0.05, 0.1) is 6.61 Å². The van der Waals surface area contributed by atoms with Crippen molar-refractivity contribution < 1.29 is 56.8 Å². The van der Waals surface area contributed by atoms with Gasteiger partial charge in [-0.3, -0.25) is 14.1 Å². The van der Waals surface area contributed by atoms with Gasteiger partial charge in [-0.25, -0.2) is 0 Å². The van der Waals surface area contributed by atoms with E-state index < -0.39 is 71.2 Å². The number of ether oxygens (including phenoxy) is 4. The summed E-state index contributed by atoms with van der Waals surface area (Å²) in [6.45, 7) is 3.65. The molecule has 0 aromatic carbocycles. The number of hydrogen-bond donors (Lipinski definition) is 4. The third-order valence-electron chi connectivity index (χ3n) is 8.83. The molecule has 0 saturated carbocycles. The average Bonchev–Trinajstić information content (AvgIpc) is 3.07. The molecule has 4 N–H and O–H groups in total. The Bertz CT molecular complexity index is 1000. The number of carbonyl (C=O) groups is 2. The predicted molar refractivity (Wildman–Crippen MR) is 192 cm³/mol. The molecule has 13 heteroatoms.